The summed E-state index contributed by atoms with van der Waals surface area (Å²) in [6.45, 7) is 0.595. The van der Waals surface area contributed by atoms with Crippen LogP contribution in [0.4, 0.5) is 0 Å². The number of rotatable bonds is 3. The number of hydrogen-bond acceptors (Lipinski definition) is 4. The highest BCUT2D eigenvalue weighted by Gasteiger charge is 2.22. The molecule has 1 aliphatic heterocycles. The second kappa shape index (κ2) is 4.02. The molecule has 0 aromatic heterocycles. The SMILES string of the molecule is COc1cc(C(N)C(=O)O)cc2c1OCC2. The van der Waals surface area contributed by atoms with Gasteiger partial charge in [-0.25, -0.2) is 0 Å². The summed E-state index contributed by atoms with van der Waals surface area (Å²) in [5.74, 6) is 0.187. The van der Waals surface area contributed by atoms with Gasteiger partial charge in [0, 0.05) is 12.0 Å². The second-order valence-corrected chi connectivity index (χ2v) is 3.63. The fraction of sp³-hybridized carbons (Fsp3) is 0.364. The first kappa shape index (κ1) is 10.8. The van der Waals surface area contributed by atoms with Crippen LogP contribution in [-0.4, -0.2) is 24.8 Å². The minimum Gasteiger partial charge on any atom is -0.493 e. The molecular formula is C11H13NO4. The molecule has 1 aliphatic rings. The number of carbonyl (C=O) groups is 1. The maximum absolute atomic E-state index is 10.8. The minimum absolute atomic E-state index is 0.536. The molecule has 5 heteroatoms. The monoisotopic (exact) mass is 223 g/mol. The van der Waals surface area contributed by atoms with Crippen LogP contribution in [0.3, 0.4) is 0 Å². The predicted octanol–water partition coefficient (Wildman–Crippen LogP) is 0.714. The summed E-state index contributed by atoms with van der Waals surface area (Å²) in [5, 5.41) is 8.85. The average molecular weight is 223 g/mol. The summed E-state index contributed by atoms with van der Waals surface area (Å²) >= 11 is 0. The van der Waals surface area contributed by atoms with Crippen LogP contribution in [-0.2, 0) is 11.2 Å². The Morgan fingerprint density at radius 2 is 2.38 bits per heavy atom. The van der Waals surface area contributed by atoms with Gasteiger partial charge >= 0.3 is 5.97 Å². The Morgan fingerprint density at radius 3 is 3.00 bits per heavy atom. The lowest BCUT2D eigenvalue weighted by molar-refractivity contribution is -0.138. The number of fused-ring (bicyclic) bond motifs is 1. The summed E-state index contributed by atoms with van der Waals surface area (Å²) in [5.41, 5.74) is 7.05. The first-order valence-electron chi connectivity index (χ1n) is 4.95. The predicted molar refractivity (Wildman–Crippen MR) is 56.8 cm³/mol. The van der Waals surface area contributed by atoms with Crippen LogP contribution in [0.2, 0.25) is 0 Å². The van der Waals surface area contributed by atoms with Crippen molar-refractivity contribution in [3.05, 3.63) is 23.3 Å². The van der Waals surface area contributed by atoms with Crippen molar-refractivity contribution in [3.8, 4) is 11.5 Å². The van der Waals surface area contributed by atoms with E-state index in [1.165, 1.54) is 7.11 Å². The number of ether oxygens (including phenoxy) is 2. The largest absolute Gasteiger partial charge is 0.493 e. The summed E-state index contributed by atoms with van der Waals surface area (Å²) in [7, 11) is 1.52. The second-order valence-electron chi connectivity index (χ2n) is 3.63. The molecule has 86 valence electrons. The zero-order valence-electron chi connectivity index (χ0n) is 8.90. The van der Waals surface area contributed by atoms with Crippen molar-refractivity contribution in [2.75, 3.05) is 13.7 Å². The summed E-state index contributed by atoms with van der Waals surface area (Å²) < 4.78 is 10.6. The molecular weight excluding hydrogens is 210 g/mol. The molecule has 1 heterocycles. The zero-order chi connectivity index (χ0) is 11.7. The highest BCUT2D eigenvalue weighted by atomic mass is 16.5. The number of aliphatic carboxylic acids is 1. The van der Waals surface area contributed by atoms with E-state index in [1.54, 1.807) is 12.1 Å². The minimum atomic E-state index is -1.05. The van der Waals surface area contributed by atoms with Crippen molar-refractivity contribution < 1.29 is 19.4 Å². The Labute approximate surface area is 92.8 Å². The van der Waals surface area contributed by atoms with E-state index < -0.39 is 12.0 Å². The van der Waals surface area contributed by atoms with Crippen LogP contribution in [0.15, 0.2) is 12.1 Å². The van der Waals surface area contributed by atoms with Gasteiger partial charge in [0.05, 0.1) is 13.7 Å². The Hall–Kier alpha value is -1.75. The van der Waals surface area contributed by atoms with Crippen molar-refractivity contribution in [3.63, 3.8) is 0 Å². The lowest BCUT2D eigenvalue weighted by Crippen LogP contribution is -2.20. The van der Waals surface area contributed by atoms with Gasteiger partial charge < -0.3 is 20.3 Å². The first-order chi connectivity index (χ1) is 7.63. The van der Waals surface area contributed by atoms with Crippen molar-refractivity contribution in [2.45, 2.75) is 12.5 Å². The van der Waals surface area contributed by atoms with Crippen LogP contribution in [0, 0.1) is 0 Å². The quantitative estimate of drug-likeness (QED) is 0.788. The van der Waals surface area contributed by atoms with Crippen LogP contribution < -0.4 is 15.2 Å². The van der Waals surface area contributed by atoms with E-state index in [0.717, 1.165) is 12.0 Å². The van der Waals surface area contributed by atoms with Gasteiger partial charge in [-0.2, -0.15) is 0 Å². The fourth-order valence-corrected chi connectivity index (χ4v) is 1.77. The van der Waals surface area contributed by atoms with E-state index >= 15 is 0 Å². The average Bonchev–Trinajstić information content (AvgIpc) is 2.74. The maximum Gasteiger partial charge on any atom is 0.325 e. The molecule has 1 unspecified atom stereocenters. The molecule has 1 aromatic rings. The first-order valence-corrected chi connectivity index (χ1v) is 4.95. The van der Waals surface area contributed by atoms with Crippen molar-refractivity contribution in [1.82, 2.24) is 0 Å². The van der Waals surface area contributed by atoms with Gasteiger partial charge in [-0.15, -0.1) is 0 Å². The summed E-state index contributed by atoms with van der Waals surface area (Å²) in [4.78, 5) is 10.8. The number of nitrogens with two attached hydrogens (primary N) is 1. The highest BCUT2D eigenvalue weighted by Crippen LogP contribution is 2.37. The van der Waals surface area contributed by atoms with Gasteiger partial charge in [0.1, 0.15) is 6.04 Å². The van der Waals surface area contributed by atoms with E-state index in [2.05, 4.69) is 0 Å². The molecule has 5 nitrogen and oxygen atoms in total. The van der Waals surface area contributed by atoms with E-state index in [0.29, 0.717) is 23.7 Å². The molecule has 1 atom stereocenters. The molecule has 16 heavy (non-hydrogen) atoms. The summed E-state index contributed by atoms with van der Waals surface area (Å²) in [6, 6.07) is 2.35. The fourth-order valence-electron chi connectivity index (χ4n) is 1.77. The number of carboxylic acids is 1. The van der Waals surface area contributed by atoms with Gasteiger partial charge in [0.25, 0.3) is 0 Å². The van der Waals surface area contributed by atoms with Gasteiger partial charge in [-0.1, -0.05) is 0 Å². The van der Waals surface area contributed by atoms with Crippen LogP contribution >= 0.6 is 0 Å². The molecule has 0 radical (unpaired) electrons. The summed E-state index contributed by atoms with van der Waals surface area (Å²) in [6.07, 6.45) is 0.756. The normalized spacial score (nSPS) is 15.1. The molecule has 0 bridgehead atoms. The van der Waals surface area contributed by atoms with E-state index in [1.807, 2.05) is 0 Å². The standard InChI is InChI=1S/C11H13NO4/c1-15-8-5-7(9(12)11(13)14)4-6-2-3-16-10(6)8/h4-5,9H,2-3,12H2,1H3,(H,13,14). The lowest BCUT2D eigenvalue weighted by Gasteiger charge is -2.12. The highest BCUT2D eigenvalue weighted by molar-refractivity contribution is 5.76. The molecule has 0 saturated carbocycles. The third kappa shape index (κ3) is 1.69. The van der Waals surface area contributed by atoms with E-state index in [4.69, 9.17) is 20.3 Å². The molecule has 0 spiro atoms. The van der Waals surface area contributed by atoms with Gasteiger partial charge in [0.15, 0.2) is 11.5 Å². The van der Waals surface area contributed by atoms with Gasteiger partial charge in [-0.3, -0.25) is 4.79 Å². The third-order valence-corrected chi connectivity index (χ3v) is 2.62. The topological polar surface area (TPSA) is 81.8 Å². The lowest BCUT2D eigenvalue weighted by atomic mass is 10.0. The molecule has 0 fully saturated rings. The van der Waals surface area contributed by atoms with Crippen molar-refractivity contribution >= 4 is 5.97 Å². The molecule has 0 aliphatic carbocycles. The number of benzene rings is 1. The van der Waals surface area contributed by atoms with Crippen molar-refractivity contribution in [1.29, 1.82) is 0 Å². The molecule has 2 rings (SSSR count). The number of carboxylic acid groups (broad SMARTS) is 1. The van der Waals surface area contributed by atoms with Crippen LogP contribution in [0.5, 0.6) is 11.5 Å². The van der Waals surface area contributed by atoms with E-state index in [9.17, 15) is 4.79 Å². The Morgan fingerprint density at radius 1 is 1.62 bits per heavy atom. The van der Waals surface area contributed by atoms with Crippen molar-refractivity contribution in [2.24, 2.45) is 5.73 Å². The zero-order valence-corrected chi connectivity index (χ0v) is 8.90. The third-order valence-electron chi connectivity index (χ3n) is 2.62. The smallest absolute Gasteiger partial charge is 0.325 e. The molecule has 0 saturated heterocycles. The van der Waals surface area contributed by atoms with Gasteiger partial charge in [-0.05, 0) is 17.7 Å². The molecule has 0 amide bonds. The Bertz CT molecular complexity index is 430. The van der Waals surface area contributed by atoms with Crippen LogP contribution in [0.1, 0.15) is 17.2 Å². The molecule has 3 N–H and O–H groups in total. The maximum atomic E-state index is 10.8. The number of methoxy groups -OCH3 is 1. The van der Waals surface area contributed by atoms with Gasteiger partial charge in [0.2, 0.25) is 0 Å². The Balaban J connectivity index is 2.45. The Kier molecular flexibility index (Phi) is 2.70. The molecule has 1 aromatic carbocycles. The van der Waals surface area contributed by atoms with E-state index in [-0.39, 0.29) is 0 Å². The number of hydrogen-bond donors (Lipinski definition) is 2. The van der Waals surface area contributed by atoms with Crippen LogP contribution in [0.25, 0.3) is 0 Å².